The van der Waals surface area contributed by atoms with E-state index in [2.05, 4.69) is 20.3 Å². The molecule has 1 aromatic rings. The molecule has 1 saturated carbocycles. The molecule has 0 unspecified atom stereocenters. The van der Waals surface area contributed by atoms with Crippen LogP contribution >= 0.6 is 0 Å². The number of carbonyl (C=O) groups excluding carboxylic acids is 1. The first-order valence-corrected chi connectivity index (χ1v) is 5.15. The Balaban J connectivity index is 1.97. The lowest BCUT2D eigenvalue weighted by atomic mass is 9.69. The van der Waals surface area contributed by atoms with Crippen LogP contribution in [0.2, 0.25) is 0 Å². The predicted octanol–water partition coefficient (Wildman–Crippen LogP) is -0.364. The van der Waals surface area contributed by atoms with Gasteiger partial charge in [-0.1, -0.05) is 6.42 Å². The molecule has 1 aliphatic rings. The average Bonchev–Trinajstić information content (AvgIpc) is 2.62. The van der Waals surface area contributed by atoms with Crippen molar-refractivity contribution in [3.05, 3.63) is 5.69 Å². The first-order chi connectivity index (χ1) is 8.05. The van der Waals surface area contributed by atoms with E-state index >= 15 is 0 Å². The van der Waals surface area contributed by atoms with Crippen LogP contribution in [0, 0.1) is 5.41 Å². The number of nitrogen functional groups attached to an aromatic ring is 1. The molecule has 2 rings (SSSR count). The molecular formula is C9H12N4O4. The normalized spacial score (nSPS) is 17.2. The Kier molecular flexibility index (Phi) is 2.70. The van der Waals surface area contributed by atoms with Crippen molar-refractivity contribution in [3.63, 3.8) is 0 Å². The summed E-state index contributed by atoms with van der Waals surface area (Å²) < 4.78 is 4.28. The number of nitrogens with zero attached hydrogens (tertiary/aromatic N) is 2. The number of aliphatic carboxylic acids is 1. The summed E-state index contributed by atoms with van der Waals surface area (Å²) in [4.78, 5) is 22.6. The lowest BCUT2D eigenvalue weighted by Crippen LogP contribution is -2.47. The van der Waals surface area contributed by atoms with Crippen LogP contribution in [-0.2, 0) is 4.79 Å². The van der Waals surface area contributed by atoms with Crippen molar-refractivity contribution < 1.29 is 19.3 Å². The molecule has 0 radical (unpaired) electrons. The molecule has 0 aliphatic heterocycles. The summed E-state index contributed by atoms with van der Waals surface area (Å²) in [5, 5.41) is 18.1. The number of carboxylic acids is 1. The Morgan fingerprint density at radius 2 is 2.18 bits per heavy atom. The molecule has 1 heterocycles. The van der Waals surface area contributed by atoms with Crippen LogP contribution in [0.5, 0.6) is 0 Å². The van der Waals surface area contributed by atoms with Gasteiger partial charge >= 0.3 is 5.97 Å². The molecule has 8 heteroatoms. The zero-order valence-electron chi connectivity index (χ0n) is 8.97. The van der Waals surface area contributed by atoms with Crippen LogP contribution in [0.3, 0.4) is 0 Å². The van der Waals surface area contributed by atoms with Gasteiger partial charge in [-0.2, -0.15) is 0 Å². The minimum Gasteiger partial charge on any atom is -0.481 e. The predicted molar refractivity (Wildman–Crippen MR) is 55.0 cm³/mol. The van der Waals surface area contributed by atoms with E-state index in [9.17, 15) is 9.59 Å². The Morgan fingerprint density at radius 3 is 2.59 bits per heavy atom. The summed E-state index contributed by atoms with van der Waals surface area (Å²) in [6.07, 6.45) is 1.99. The first kappa shape index (κ1) is 11.4. The highest BCUT2D eigenvalue weighted by atomic mass is 16.6. The molecule has 0 saturated heterocycles. The van der Waals surface area contributed by atoms with Crippen molar-refractivity contribution in [2.45, 2.75) is 19.3 Å². The molecule has 92 valence electrons. The van der Waals surface area contributed by atoms with Crippen molar-refractivity contribution in [2.75, 3.05) is 12.3 Å². The van der Waals surface area contributed by atoms with Crippen LogP contribution in [0.4, 0.5) is 5.82 Å². The lowest BCUT2D eigenvalue weighted by molar-refractivity contribution is -0.153. The molecule has 0 spiro atoms. The highest BCUT2D eigenvalue weighted by Gasteiger charge is 2.44. The minimum absolute atomic E-state index is 0.0630. The fourth-order valence-electron chi connectivity index (χ4n) is 1.76. The van der Waals surface area contributed by atoms with Gasteiger partial charge < -0.3 is 16.2 Å². The number of nitrogens with one attached hydrogen (secondary N) is 1. The standard InChI is InChI=1S/C9H12N4O4/c10-6-5(12-17-13-6)7(14)11-4-9(8(15)16)2-1-3-9/h1-4H2,(H2,10,13)(H,11,14)(H,15,16). The zero-order chi connectivity index (χ0) is 12.5. The van der Waals surface area contributed by atoms with Gasteiger partial charge in [-0.3, -0.25) is 9.59 Å². The Labute approximate surface area is 96.1 Å². The van der Waals surface area contributed by atoms with Gasteiger partial charge in [-0.05, 0) is 23.2 Å². The number of hydrogen-bond acceptors (Lipinski definition) is 6. The molecule has 0 aromatic carbocycles. The minimum atomic E-state index is -0.893. The largest absolute Gasteiger partial charge is 0.481 e. The number of amides is 1. The van der Waals surface area contributed by atoms with Crippen LogP contribution in [0.1, 0.15) is 29.8 Å². The van der Waals surface area contributed by atoms with Gasteiger partial charge in [0, 0.05) is 6.54 Å². The Morgan fingerprint density at radius 1 is 1.47 bits per heavy atom. The molecular weight excluding hydrogens is 228 g/mol. The van der Waals surface area contributed by atoms with Gasteiger partial charge in [-0.25, -0.2) is 4.63 Å². The van der Waals surface area contributed by atoms with E-state index in [0.29, 0.717) is 12.8 Å². The molecule has 0 atom stereocenters. The Bertz CT molecular complexity index is 452. The van der Waals surface area contributed by atoms with Crippen LogP contribution in [0.15, 0.2) is 4.63 Å². The van der Waals surface area contributed by atoms with Crippen molar-refractivity contribution in [2.24, 2.45) is 5.41 Å². The van der Waals surface area contributed by atoms with E-state index in [0.717, 1.165) is 6.42 Å². The number of anilines is 1. The summed E-state index contributed by atoms with van der Waals surface area (Å²) in [5.74, 6) is -1.58. The van der Waals surface area contributed by atoms with Crippen molar-refractivity contribution in [3.8, 4) is 0 Å². The second-order valence-electron chi connectivity index (χ2n) is 4.12. The number of hydrogen-bond donors (Lipinski definition) is 3. The smallest absolute Gasteiger partial charge is 0.311 e. The van der Waals surface area contributed by atoms with Gasteiger partial charge in [-0.15, -0.1) is 0 Å². The van der Waals surface area contributed by atoms with E-state index < -0.39 is 17.3 Å². The van der Waals surface area contributed by atoms with Crippen LogP contribution < -0.4 is 11.1 Å². The van der Waals surface area contributed by atoms with Crippen LogP contribution in [-0.4, -0.2) is 33.8 Å². The highest BCUT2D eigenvalue weighted by Crippen LogP contribution is 2.40. The summed E-state index contributed by atoms with van der Waals surface area (Å²) in [5.41, 5.74) is 4.38. The SMILES string of the molecule is Nc1nonc1C(=O)NCC1(C(=O)O)CCC1. The van der Waals surface area contributed by atoms with Crippen molar-refractivity contribution in [1.29, 1.82) is 0 Å². The van der Waals surface area contributed by atoms with E-state index in [1.807, 2.05) is 0 Å². The zero-order valence-corrected chi connectivity index (χ0v) is 8.97. The third-order valence-electron chi connectivity index (χ3n) is 3.08. The highest BCUT2D eigenvalue weighted by molar-refractivity contribution is 5.96. The van der Waals surface area contributed by atoms with E-state index in [1.165, 1.54) is 0 Å². The fourth-order valence-corrected chi connectivity index (χ4v) is 1.76. The third kappa shape index (κ3) is 1.93. The number of nitrogens with two attached hydrogens (primary N) is 1. The fraction of sp³-hybridized carbons (Fsp3) is 0.556. The van der Waals surface area contributed by atoms with Crippen molar-refractivity contribution >= 4 is 17.7 Å². The lowest BCUT2D eigenvalue weighted by Gasteiger charge is -2.37. The summed E-state index contributed by atoms with van der Waals surface area (Å²) in [6, 6.07) is 0. The van der Waals surface area contributed by atoms with Gasteiger partial charge in [0.15, 0.2) is 0 Å². The molecule has 1 aromatic heterocycles. The van der Waals surface area contributed by atoms with E-state index in [-0.39, 0.29) is 18.1 Å². The van der Waals surface area contributed by atoms with Gasteiger partial charge in [0.25, 0.3) is 5.91 Å². The molecule has 0 bridgehead atoms. The molecule has 1 fully saturated rings. The van der Waals surface area contributed by atoms with Gasteiger partial charge in [0.05, 0.1) is 5.41 Å². The van der Waals surface area contributed by atoms with E-state index in [1.54, 1.807) is 0 Å². The van der Waals surface area contributed by atoms with E-state index in [4.69, 9.17) is 10.8 Å². The number of carboxylic acid groups (broad SMARTS) is 1. The number of rotatable bonds is 4. The maximum atomic E-state index is 11.6. The second kappa shape index (κ2) is 4.04. The quantitative estimate of drug-likeness (QED) is 0.654. The number of aromatic nitrogens is 2. The van der Waals surface area contributed by atoms with Gasteiger partial charge in [0.1, 0.15) is 0 Å². The second-order valence-corrected chi connectivity index (χ2v) is 4.12. The monoisotopic (exact) mass is 240 g/mol. The maximum Gasteiger partial charge on any atom is 0.311 e. The summed E-state index contributed by atoms with van der Waals surface area (Å²) in [6.45, 7) is 0.0630. The molecule has 1 amide bonds. The van der Waals surface area contributed by atoms with Gasteiger partial charge in [0.2, 0.25) is 11.5 Å². The summed E-state index contributed by atoms with van der Waals surface area (Å²) in [7, 11) is 0. The average molecular weight is 240 g/mol. The summed E-state index contributed by atoms with van der Waals surface area (Å²) >= 11 is 0. The first-order valence-electron chi connectivity index (χ1n) is 5.15. The molecule has 8 nitrogen and oxygen atoms in total. The topological polar surface area (TPSA) is 131 Å². The molecule has 1 aliphatic carbocycles. The molecule has 17 heavy (non-hydrogen) atoms. The van der Waals surface area contributed by atoms with Crippen molar-refractivity contribution in [1.82, 2.24) is 15.6 Å². The maximum absolute atomic E-state index is 11.6. The number of carbonyl (C=O) groups is 2. The van der Waals surface area contributed by atoms with Crippen LogP contribution in [0.25, 0.3) is 0 Å². The molecule has 4 N–H and O–H groups in total. The Hall–Kier alpha value is -2.12. The third-order valence-corrected chi connectivity index (χ3v) is 3.08.